The van der Waals surface area contributed by atoms with Crippen LogP contribution in [0.2, 0.25) is 0 Å². The highest BCUT2D eigenvalue weighted by Gasteiger charge is 2.13. The molecule has 1 aliphatic rings. The molecule has 3 rings (SSSR count). The van der Waals surface area contributed by atoms with Gasteiger partial charge in [-0.1, -0.05) is 42.5 Å². The zero-order valence-electron chi connectivity index (χ0n) is 13.3. The van der Waals surface area contributed by atoms with Crippen LogP contribution in [-0.2, 0) is 17.6 Å². The maximum atomic E-state index is 12.0. The molecule has 1 atom stereocenters. The average Bonchev–Trinajstić information content (AvgIpc) is 3.01. The van der Waals surface area contributed by atoms with Gasteiger partial charge in [-0.05, 0) is 42.2 Å². The highest BCUT2D eigenvalue weighted by atomic mass is 16.5. The second-order valence-corrected chi connectivity index (χ2v) is 5.90. The monoisotopic (exact) mass is 307 g/mol. The third-order valence-electron chi connectivity index (χ3n) is 3.91. The molecule has 1 N–H and O–H groups in total. The number of benzene rings is 2. The summed E-state index contributed by atoms with van der Waals surface area (Å²) in [4.78, 5) is 12.0. The molecule has 1 amide bonds. The van der Waals surface area contributed by atoms with E-state index in [2.05, 4.69) is 17.4 Å². The first kappa shape index (κ1) is 15.3. The van der Waals surface area contributed by atoms with Gasteiger partial charge in [0.05, 0.1) is 6.61 Å². The molecule has 0 radical (unpaired) electrons. The van der Waals surface area contributed by atoms with Crippen molar-refractivity contribution in [2.75, 3.05) is 6.61 Å². The SMILES string of the molecule is CC(Cc1ccc2c(c1)CCO2)NC(=O)/C=C/c1ccccc1. The molecule has 0 bridgehead atoms. The minimum absolute atomic E-state index is 0.0640. The maximum absolute atomic E-state index is 12.0. The van der Waals surface area contributed by atoms with Gasteiger partial charge in [-0.15, -0.1) is 0 Å². The van der Waals surface area contributed by atoms with Crippen LogP contribution in [0, 0.1) is 0 Å². The Morgan fingerprint density at radius 2 is 2.09 bits per heavy atom. The summed E-state index contributed by atoms with van der Waals surface area (Å²) in [5, 5.41) is 3.01. The van der Waals surface area contributed by atoms with Crippen LogP contribution in [0.1, 0.15) is 23.6 Å². The molecule has 3 heteroatoms. The van der Waals surface area contributed by atoms with Gasteiger partial charge in [-0.2, -0.15) is 0 Å². The lowest BCUT2D eigenvalue weighted by Gasteiger charge is -2.13. The second-order valence-electron chi connectivity index (χ2n) is 5.90. The summed E-state index contributed by atoms with van der Waals surface area (Å²) >= 11 is 0. The lowest BCUT2D eigenvalue weighted by atomic mass is 10.0. The second kappa shape index (κ2) is 7.14. The molecule has 0 aliphatic carbocycles. The van der Waals surface area contributed by atoms with Crippen LogP contribution in [0.15, 0.2) is 54.6 Å². The first-order valence-electron chi connectivity index (χ1n) is 7.99. The first-order chi connectivity index (χ1) is 11.2. The summed E-state index contributed by atoms with van der Waals surface area (Å²) in [6.45, 7) is 2.80. The number of rotatable bonds is 5. The minimum atomic E-state index is -0.0640. The molecule has 0 saturated carbocycles. The van der Waals surface area contributed by atoms with Crippen molar-refractivity contribution < 1.29 is 9.53 Å². The van der Waals surface area contributed by atoms with Gasteiger partial charge in [-0.3, -0.25) is 4.79 Å². The van der Waals surface area contributed by atoms with Crippen molar-refractivity contribution in [1.29, 1.82) is 0 Å². The number of amides is 1. The van der Waals surface area contributed by atoms with E-state index in [1.807, 2.05) is 49.4 Å². The van der Waals surface area contributed by atoms with Crippen molar-refractivity contribution in [3.05, 3.63) is 71.3 Å². The molecule has 1 heterocycles. The molecular formula is C20H21NO2. The van der Waals surface area contributed by atoms with Gasteiger partial charge in [0.15, 0.2) is 0 Å². The van der Waals surface area contributed by atoms with E-state index in [1.165, 1.54) is 11.1 Å². The maximum Gasteiger partial charge on any atom is 0.244 e. The van der Waals surface area contributed by atoms with Gasteiger partial charge in [0.2, 0.25) is 5.91 Å². The van der Waals surface area contributed by atoms with Crippen LogP contribution in [0.25, 0.3) is 6.08 Å². The zero-order chi connectivity index (χ0) is 16.1. The molecule has 0 spiro atoms. The summed E-state index contributed by atoms with van der Waals surface area (Å²) in [5.74, 6) is 0.932. The lowest BCUT2D eigenvalue weighted by molar-refractivity contribution is -0.117. The van der Waals surface area contributed by atoms with E-state index < -0.39 is 0 Å². The fourth-order valence-corrected chi connectivity index (χ4v) is 2.80. The molecule has 1 aliphatic heterocycles. The van der Waals surface area contributed by atoms with Crippen molar-refractivity contribution in [1.82, 2.24) is 5.32 Å². The third kappa shape index (κ3) is 4.22. The van der Waals surface area contributed by atoms with E-state index in [9.17, 15) is 4.79 Å². The van der Waals surface area contributed by atoms with Crippen molar-refractivity contribution in [2.45, 2.75) is 25.8 Å². The lowest BCUT2D eigenvalue weighted by Crippen LogP contribution is -2.32. The smallest absolute Gasteiger partial charge is 0.244 e. The summed E-state index contributed by atoms with van der Waals surface area (Å²) in [5.41, 5.74) is 3.52. The van der Waals surface area contributed by atoms with Crippen LogP contribution in [0.5, 0.6) is 5.75 Å². The highest BCUT2D eigenvalue weighted by molar-refractivity contribution is 5.91. The van der Waals surface area contributed by atoms with Gasteiger partial charge in [0.25, 0.3) is 0 Å². The molecule has 0 saturated heterocycles. The van der Waals surface area contributed by atoms with Crippen LogP contribution in [0.3, 0.4) is 0 Å². The van der Waals surface area contributed by atoms with E-state index in [0.29, 0.717) is 0 Å². The van der Waals surface area contributed by atoms with Crippen LogP contribution in [-0.4, -0.2) is 18.6 Å². The number of hydrogen-bond acceptors (Lipinski definition) is 2. The van der Waals surface area contributed by atoms with E-state index in [-0.39, 0.29) is 11.9 Å². The number of nitrogens with one attached hydrogen (secondary N) is 1. The van der Waals surface area contributed by atoms with Crippen LogP contribution in [0.4, 0.5) is 0 Å². The Hall–Kier alpha value is -2.55. The van der Waals surface area contributed by atoms with Gasteiger partial charge in [0.1, 0.15) is 5.75 Å². The molecule has 2 aromatic carbocycles. The molecule has 3 nitrogen and oxygen atoms in total. The van der Waals surface area contributed by atoms with Gasteiger partial charge < -0.3 is 10.1 Å². The molecule has 1 unspecified atom stereocenters. The summed E-state index contributed by atoms with van der Waals surface area (Å²) in [6.07, 6.45) is 5.21. The third-order valence-corrected chi connectivity index (χ3v) is 3.91. The van der Waals surface area contributed by atoms with Crippen LogP contribution < -0.4 is 10.1 Å². The number of fused-ring (bicyclic) bond motifs is 1. The number of ether oxygens (including phenoxy) is 1. The number of hydrogen-bond donors (Lipinski definition) is 1. The average molecular weight is 307 g/mol. The van der Waals surface area contributed by atoms with Crippen LogP contribution >= 0.6 is 0 Å². The quantitative estimate of drug-likeness (QED) is 0.860. The van der Waals surface area contributed by atoms with Crippen molar-refractivity contribution in [3.8, 4) is 5.75 Å². The predicted octanol–water partition coefficient (Wildman–Crippen LogP) is 3.38. The van der Waals surface area contributed by atoms with Crippen molar-refractivity contribution in [3.63, 3.8) is 0 Å². The van der Waals surface area contributed by atoms with Gasteiger partial charge in [0, 0.05) is 18.5 Å². The highest BCUT2D eigenvalue weighted by Crippen LogP contribution is 2.26. The fraction of sp³-hybridized carbons (Fsp3) is 0.250. The Morgan fingerprint density at radius 1 is 1.26 bits per heavy atom. The van der Waals surface area contributed by atoms with E-state index >= 15 is 0 Å². The summed E-state index contributed by atoms with van der Waals surface area (Å²) in [6, 6.07) is 16.2. The van der Waals surface area contributed by atoms with E-state index in [0.717, 1.165) is 30.8 Å². The van der Waals surface area contributed by atoms with Crippen molar-refractivity contribution >= 4 is 12.0 Å². The summed E-state index contributed by atoms with van der Waals surface area (Å²) < 4.78 is 5.52. The molecule has 118 valence electrons. The largest absolute Gasteiger partial charge is 0.493 e. The van der Waals surface area contributed by atoms with E-state index in [1.54, 1.807) is 6.08 Å². The first-order valence-corrected chi connectivity index (χ1v) is 7.99. The topological polar surface area (TPSA) is 38.3 Å². The van der Waals surface area contributed by atoms with Gasteiger partial charge >= 0.3 is 0 Å². The zero-order valence-corrected chi connectivity index (χ0v) is 13.3. The standard InChI is InChI=1S/C20H21NO2/c1-15(13-17-7-9-19-18(14-17)11-12-23-19)21-20(22)10-8-16-5-3-2-4-6-16/h2-10,14-15H,11-13H2,1H3,(H,21,22)/b10-8+. The Bertz CT molecular complexity index is 707. The minimum Gasteiger partial charge on any atom is -0.493 e. The molecule has 2 aromatic rings. The molecular weight excluding hydrogens is 286 g/mol. The Kier molecular flexibility index (Phi) is 4.77. The predicted molar refractivity (Wildman–Crippen MR) is 92.4 cm³/mol. The van der Waals surface area contributed by atoms with E-state index in [4.69, 9.17) is 4.74 Å². The molecule has 23 heavy (non-hydrogen) atoms. The Balaban J connectivity index is 1.53. The number of carbonyl (C=O) groups excluding carboxylic acids is 1. The Labute approximate surface area is 137 Å². The normalized spacial score (nSPS) is 14.3. The summed E-state index contributed by atoms with van der Waals surface area (Å²) in [7, 11) is 0. The number of carbonyl (C=O) groups is 1. The fourth-order valence-electron chi connectivity index (χ4n) is 2.80. The molecule has 0 fully saturated rings. The van der Waals surface area contributed by atoms with Gasteiger partial charge in [-0.25, -0.2) is 0 Å². The Morgan fingerprint density at radius 3 is 2.91 bits per heavy atom. The van der Waals surface area contributed by atoms with Crippen molar-refractivity contribution in [2.24, 2.45) is 0 Å². The molecule has 0 aromatic heterocycles.